The molecule has 0 bridgehead atoms. The topological polar surface area (TPSA) is 33.2 Å². The number of carbonyl (C=O) groups is 1. The Morgan fingerprint density at radius 1 is 1.22 bits per heavy atom. The number of hydrogen-bond donors (Lipinski definition) is 0. The van der Waals surface area contributed by atoms with E-state index in [1.54, 1.807) is 6.20 Å². The summed E-state index contributed by atoms with van der Waals surface area (Å²) in [4.78, 5) is 18.5. The van der Waals surface area contributed by atoms with Crippen LogP contribution in [0.25, 0.3) is 0 Å². The van der Waals surface area contributed by atoms with Crippen molar-refractivity contribution in [1.29, 1.82) is 0 Å². The van der Waals surface area contributed by atoms with E-state index in [1.807, 2.05) is 41.3 Å². The van der Waals surface area contributed by atoms with Gasteiger partial charge in [0.05, 0.1) is 12.2 Å². The number of aromatic nitrogens is 1. The Morgan fingerprint density at radius 2 is 2.11 bits per heavy atom. The summed E-state index contributed by atoms with van der Waals surface area (Å²) in [5.41, 5.74) is 2.85. The Bertz CT molecular complexity index is 587. The zero-order chi connectivity index (χ0) is 12.5. The number of carbonyl (C=O) groups excluding carboxylic acids is 1. The van der Waals surface area contributed by atoms with Crippen molar-refractivity contribution in [3.8, 4) is 0 Å². The monoisotopic (exact) mass is 302 g/mol. The van der Waals surface area contributed by atoms with E-state index in [0.29, 0.717) is 18.7 Å². The van der Waals surface area contributed by atoms with E-state index in [2.05, 4.69) is 20.9 Å². The minimum absolute atomic E-state index is 0.0503. The van der Waals surface area contributed by atoms with Crippen molar-refractivity contribution in [2.45, 2.75) is 13.1 Å². The second-order valence-corrected chi connectivity index (χ2v) is 5.20. The van der Waals surface area contributed by atoms with E-state index in [4.69, 9.17) is 0 Å². The van der Waals surface area contributed by atoms with E-state index in [-0.39, 0.29) is 5.91 Å². The highest BCUT2D eigenvalue weighted by Crippen LogP contribution is 2.23. The fraction of sp³-hybridized carbons (Fsp3) is 0.143. The first kappa shape index (κ1) is 11.4. The lowest BCUT2D eigenvalue weighted by atomic mass is 10.2. The molecule has 0 spiro atoms. The quantitative estimate of drug-likeness (QED) is 0.811. The van der Waals surface area contributed by atoms with Crippen molar-refractivity contribution >= 4 is 21.8 Å². The summed E-state index contributed by atoms with van der Waals surface area (Å²) >= 11 is 3.38. The number of amides is 1. The normalized spacial score (nSPS) is 13.5. The van der Waals surface area contributed by atoms with E-state index >= 15 is 0 Å². The van der Waals surface area contributed by atoms with Gasteiger partial charge in [-0.2, -0.15) is 0 Å². The summed E-state index contributed by atoms with van der Waals surface area (Å²) in [6.45, 7) is 1.25. The number of halogens is 1. The highest BCUT2D eigenvalue weighted by atomic mass is 79.9. The van der Waals surface area contributed by atoms with Gasteiger partial charge in [-0.1, -0.05) is 28.1 Å². The van der Waals surface area contributed by atoms with Crippen LogP contribution >= 0.6 is 15.9 Å². The SMILES string of the molecule is O=C(c1cccc(Br)c1)N1Cc2cccnc2C1. The molecule has 90 valence electrons. The maximum atomic E-state index is 12.3. The zero-order valence-electron chi connectivity index (χ0n) is 9.64. The Labute approximate surface area is 114 Å². The molecule has 0 saturated carbocycles. The molecule has 4 heteroatoms. The summed E-state index contributed by atoms with van der Waals surface area (Å²) in [6, 6.07) is 11.4. The molecule has 0 radical (unpaired) electrons. The fourth-order valence-corrected chi connectivity index (χ4v) is 2.55. The minimum atomic E-state index is 0.0503. The zero-order valence-corrected chi connectivity index (χ0v) is 11.2. The van der Waals surface area contributed by atoms with Gasteiger partial charge in [-0.05, 0) is 29.8 Å². The van der Waals surface area contributed by atoms with E-state index in [1.165, 1.54) is 0 Å². The smallest absolute Gasteiger partial charge is 0.254 e. The first-order valence-electron chi connectivity index (χ1n) is 5.71. The molecule has 1 aromatic carbocycles. The van der Waals surface area contributed by atoms with Crippen molar-refractivity contribution < 1.29 is 4.79 Å². The second kappa shape index (κ2) is 4.53. The summed E-state index contributed by atoms with van der Waals surface area (Å²) in [7, 11) is 0. The van der Waals surface area contributed by atoms with Gasteiger partial charge >= 0.3 is 0 Å². The van der Waals surface area contributed by atoms with Gasteiger partial charge < -0.3 is 4.90 Å². The van der Waals surface area contributed by atoms with Crippen LogP contribution in [0.3, 0.4) is 0 Å². The van der Waals surface area contributed by atoms with Gasteiger partial charge in [0.1, 0.15) is 0 Å². The van der Waals surface area contributed by atoms with Crippen LogP contribution in [-0.2, 0) is 13.1 Å². The lowest BCUT2D eigenvalue weighted by Crippen LogP contribution is -2.25. The van der Waals surface area contributed by atoms with Crippen molar-refractivity contribution in [3.05, 3.63) is 63.9 Å². The lowest BCUT2D eigenvalue weighted by Gasteiger charge is -2.15. The maximum Gasteiger partial charge on any atom is 0.254 e. The summed E-state index contributed by atoms with van der Waals surface area (Å²) in [6.07, 6.45) is 1.77. The molecular weight excluding hydrogens is 292 g/mol. The Balaban J connectivity index is 1.84. The highest BCUT2D eigenvalue weighted by molar-refractivity contribution is 9.10. The average molecular weight is 303 g/mol. The van der Waals surface area contributed by atoms with Crippen LogP contribution in [0.15, 0.2) is 47.1 Å². The standard InChI is InChI=1S/C14H11BrN2O/c15-12-5-1-3-10(7-12)14(18)17-8-11-4-2-6-16-13(11)9-17/h1-7H,8-9H2. The lowest BCUT2D eigenvalue weighted by molar-refractivity contribution is 0.0750. The molecule has 3 rings (SSSR count). The third-order valence-electron chi connectivity index (χ3n) is 3.05. The van der Waals surface area contributed by atoms with Crippen LogP contribution in [0, 0.1) is 0 Å². The predicted octanol–water partition coefficient (Wildman–Crippen LogP) is 3.00. The summed E-state index contributed by atoms with van der Waals surface area (Å²) in [5.74, 6) is 0.0503. The van der Waals surface area contributed by atoms with Crippen LogP contribution in [0.5, 0.6) is 0 Å². The van der Waals surface area contributed by atoms with Gasteiger partial charge in [0.2, 0.25) is 0 Å². The molecule has 0 unspecified atom stereocenters. The van der Waals surface area contributed by atoms with Gasteiger partial charge in [-0.25, -0.2) is 0 Å². The molecule has 1 aliphatic rings. The molecule has 2 heterocycles. The third-order valence-corrected chi connectivity index (χ3v) is 3.54. The molecule has 2 aromatic rings. The van der Waals surface area contributed by atoms with Crippen LogP contribution in [-0.4, -0.2) is 15.8 Å². The highest BCUT2D eigenvalue weighted by Gasteiger charge is 2.24. The Morgan fingerprint density at radius 3 is 2.89 bits per heavy atom. The first-order valence-corrected chi connectivity index (χ1v) is 6.51. The molecule has 0 atom stereocenters. The Hall–Kier alpha value is -1.68. The molecule has 0 fully saturated rings. The first-order chi connectivity index (χ1) is 8.74. The van der Waals surface area contributed by atoms with Crippen molar-refractivity contribution in [2.75, 3.05) is 0 Å². The molecule has 18 heavy (non-hydrogen) atoms. The third kappa shape index (κ3) is 2.04. The summed E-state index contributed by atoms with van der Waals surface area (Å²) in [5, 5.41) is 0. The van der Waals surface area contributed by atoms with Crippen LogP contribution in [0.2, 0.25) is 0 Å². The number of pyridine rings is 1. The van der Waals surface area contributed by atoms with Gasteiger partial charge in [-0.3, -0.25) is 9.78 Å². The van der Waals surface area contributed by atoms with E-state index in [9.17, 15) is 4.79 Å². The molecule has 0 saturated heterocycles. The van der Waals surface area contributed by atoms with Crippen molar-refractivity contribution in [3.63, 3.8) is 0 Å². The van der Waals surface area contributed by atoms with Crippen molar-refractivity contribution in [2.24, 2.45) is 0 Å². The number of nitrogens with zero attached hydrogens (tertiary/aromatic N) is 2. The van der Waals surface area contributed by atoms with Gasteiger partial charge in [0.15, 0.2) is 0 Å². The van der Waals surface area contributed by atoms with Gasteiger partial charge in [0.25, 0.3) is 5.91 Å². The molecule has 1 aliphatic heterocycles. The Kier molecular flexibility index (Phi) is 2.88. The summed E-state index contributed by atoms with van der Waals surface area (Å²) < 4.78 is 0.920. The van der Waals surface area contributed by atoms with Crippen LogP contribution in [0.4, 0.5) is 0 Å². The van der Waals surface area contributed by atoms with E-state index in [0.717, 1.165) is 15.7 Å². The van der Waals surface area contributed by atoms with Crippen LogP contribution < -0.4 is 0 Å². The molecule has 1 aromatic heterocycles. The molecule has 1 amide bonds. The largest absolute Gasteiger partial charge is 0.328 e. The number of fused-ring (bicyclic) bond motifs is 1. The molecule has 0 N–H and O–H groups in total. The van der Waals surface area contributed by atoms with Gasteiger partial charge in [0, 0.05) is 22.8 Å². The number of rotatable bonds is 1. The van der Waals surface area contributed by atoms with E-state index < -0.39 is 0 Å². The van der Waals surface area contributed by atoms with Crippen LogP contribution in [0.1, 0.15) is 21.6 Å². The second-order valence-electron chi connectivity index (χ2n) is 4.28. The average Bonchev–Trinajstić information content (AvgIpc) is 2.81. The molecular formula is C14H11BrN2O. The predicted molar refractivity (Wildman–Crippen MR) is 72.0 cm³/mol. The minimum Gasteiger partial charge on any atom is -0.328 e. The maximum absolute atomic E-state index is 12.3. The number of hydrogen-bond acceptors (Lipinski definition) is 2. The fourth-order valence-electron chi connectivity index (χ4n) is 2.15. The molecule has 0 aliphatic carbocycles. The van der Waals surface area contributed by atoms with Crippen molar-refractivity contribution in [1.82, 2.24) is 9.88 Å². The number of benzene rings is 1. The van der Waals surface area contributed by atoms with Gasteiger partial charge in [-0.15, -0.1) is 0 Å². The molecule has 3 nitrogen and oxygen atoms in total.